The second-order valence-electron chi connectivity index (χ2n) is 6.76. The van der Waals surface area contributed by atoms with Crippen LogP contribution in [0.25, 0.3) is 0 Å². The van der Waals surface area contributed by atoms with Crippen molar-refractivity contribution in [1.29, 1.82) is 0 Å². The summed E-state index contributed by atoms with van der Waals surface area (Å²) in [6.07, 6.45) is 1.33. The lowest BCUT2D eigenvalue weighted by Gasteiger charge is -2.40. The number of nitrogens with zero attached hydrogens (tertiary/aromatic N) is 2. The van der Waals surface area contributed by atoms with Gasteiger partial charge in [0.15, 0.2) is 0 Å². The molecule has 10 heteroatoms. The Morgan fingerprint density at radius 2 is 2.18 bits per heavy atom. The van der Waals surface area contributed by atoms with Crippen molar-refractivity contribution in [2.75, 3.05) is 39.9 Å². The summed E-state index contributed by atoms with van der Waals surface area (Å²) in [5, 5.41) is 7.27. The predicted molar refractivity (Wildman–Crippen MR) is 102 cm³/mol. The van der Waals surface area contributed by atoms with Crippen LogP contribution in [-0.2, 0) is 19.1 Å². The van der Waals surface area contributed by atoms with Crippen molar-refractivity contribution < 1.29 is 23.9 Å². The van der Waals surface area contributed by atoms with Gasteiger partial charge in [-0.15, -0.1) is 11.3 Å². The maximum atomic E-state index is 13.0. The average molecular weight is 408 g/mol. The minimum atomic E-state index is -0.862. The third-order valence-electron chi connectivity index (χ3n) is 4.90. The van der Waals surface area contributed by atoms with Crippen LogP contribution in [0.2, 0.25) is 0 Å². The van der Waals surface area contributed by atoms with Gasteiger partial charge < -0.3 is 25.2 Å². The number of nitrogens with one attached hydrogen (secondary N) is 2. The van der Waals surface area contributed by atoms with Crippen molar-refractivity contribution in [1.82, 2.24) is 20.4 Å². The van der Waals surface area contributed by atoms with Crippen molar-refractivity contribution in [3.63, 3.8) is 0 Å². The first-order valence-electron chi connectivity index (χ1n) is 9.20. The molecule has 0 saturated carbocycles. The number of carbonyl (C=O) groups is 4. The largest absolute Gasteiger partial charge is 0.375 e. The molecule has 3 heterocycles. The first-order valence-corrected chi connectivity index (χ1v) is 10.1. The number of hydrogen-bond donors (Lipinski definition) is 2. The molecule has 2 unspecified atom stereocenters. The van der Waals surface area contributed by atoms with Crippen LogP contribution in [0.3, 0.4) is 0 Å². The van der Waals surface area contributed by atoms with E-state index in [0.717, 1.165) is 6.42 Å². The van der Waals surface area contributed by atoms with E-state index in [4.69, 9.17) is 4.74 Å². The molecule has 2 atom stereocenters. The minimum Gasteiger partial charge on any atom is -0.375 e. The SMILES string of the molecule is COCC(=O)N1CCN(C(=O)c2cccs2)C(C(=O)NC2CCCNC2=O)C1. The van der Waals surface area contributed by atoms with Crippen LogP contribution in [-0.4, -0.2) is 85.4 Å². The smallest absolute Gasteiger partial charge is 0.264 e. The molecular weight excluding hydrogens is 384 g/mol. The number of amides is 4. The lowest BCUT2D eigenvalue weighted by molar-refractivity contribution is -0.141. The molecule has 0 radical (unpaired) electrons. The van der Waals surface area contributed by atoms with E-state index in [1.807, 2.05) is 0 Å². The molecule has 2 fully saturated rings. The number of hydrogen-bond acceptors (Lipinski definition) is 6. The zero-order valence-corrected chi connectivity index (χ0v) is 16.5. The lowest BCUT2D eigenvalue weighted by Crippen LogP contribution is -2.63. The van der Waals surface area contributed by atoms with Crippen LogP contribution in [0.1, 0.15) is 22.5 Å². The van der Waals surface area contributed by atoms with Crippen LogP contribution in [0.5, 0.6) is 0 Å². The summed E-state index contributed by atoms with van der Waals surface area (Å²) in [6.45, 7) is 1.14. The summed E-state index contributed by atoms with van der Waals surface area (Å²) in [4.78, 5) is 53.6. The highest BCUT2D eigenvalue weighted by Crippen LogP contribution is 2.18. The molecule has 28 heavy (non-hydrogen) atoms. The molecule has 0 aromatic carbocycles. The van der Waals surface area contributed by atoms with Gasteiger partial charge in [-0.25, -0.2) is 0 Å². The number of piperidine rings is 1. The van der Waals surface area contributed by atoms with Gasteiger partial charge in [-0.2, -0.15) is 0 Å². The third-order valence-corrected chi connectivity index (χ3v) is 5.76. The van der Waals surface area contributed by atoms with E-state index in [1.165, 1.54) is 28.2 Å². The summed E-state index contributed by atoms with van der Waals surface area (Å²) in [7, 11) is 1.43. The van der Waals surface area contributed by atoms with Crippen LogP contribution in [0.4, 0.5) is 0 Å². The van der Waals surface area contributed by atoms with Crippen molar-refractivity contribution in [2.24, 2.45) is 0 Å². The maximum Gasteiger partial charge on any atom is 0.264 e. The van der Waals surface area contributed by atoms with Gasteiger partial charge in [0, 0.05) is 26.7 Å². The molecule has 1 aromatic heterocycles. The van der Waals surface area contributed by atoms with E-state index in [-0.39, 0.29) is 37.4 Å². The average Bonchev–Trinajstić information content (AvgIpc) is 3.23. The van der Waals surface area contributed by atoms with E-state index < -0.39 is 18.0 Å². The molecule has 152 valence electrons. The number of thiophene rings is 1. The first kappa shape index (κ1) is 20.3. The molecule has 1 aromatic rings. The summed E-state index contributed by atoms with van der Waals surface area (Å²) >= 11 is 1.30. The molecule has 9 nitrogen and oxygen atoms in total. The monoisotopic (exact) mass is 408 g/mol. The Morgan fingerprint density at radius 1 is 1.36 bits per heavy atom. The first-order chi connectivity index (χ1) is 13.5. The normalized spacial score (nSPS) is 22.5. The van der Waals surface area contributed by atoms with Crippen LogP contribution >= 0.6 is 11.3 Å². The maximum absolute atomic E-state index is 13.0. The third kappa shape index (κ3) is 4.50. The highest BCUT2D eigenvalue weighted by atomic mass is 32.1. The summed E-state index contributed by atoms with van der Waals surface area (Å²) in [5.41, 5.74) is 0. The molecular formula is C18H24N4O5S. The Hall–Kier alpha value is -2.46. The number of carbonyl (C=O) groups excluding carboxylic acids is 4. The Balaban J connectivity index is 1.76. The van der Waals surface area contributed by atoms with E-state index in [9.17, 15) is 19.2 Å². The zero-order chi connectivity index (χ0) is 20.1. The molecule has 2 aliphatic heterocycles. The van der Waals surface area contributed by atoms with E-state index in [0.29, 0.717) is 24.4 Å². The van der Waals surface area contributed by atoms with Gasteiger partial charge in [0.1, 0.15) is 18.7 Å². The van der Waals surface area contributed by atoms with Crippen molar-refractivity contribution in [3.05, 3.63) is 22.4 Å². The van der Waals surface area contributed by atoms with Gasteiger partial charge in [-0.3, -0.25) is 19.2 Å². The molecule has 3 rings (SSSR count). The fourth-order valence-corrected chi connectivity index (χ4v) is 4.09. The Kier molecular flexibility index (Phi) is 6.63. The molecule has 0 bridgehead atoms. The van der Waals surface area contributed by atoms with Crippen molar-refractivity contribution in [2.45, 2.75) is 24.9 Å². The van der Waals surface area contributed by atoms with Gasteiger partial charge in [-0.05, 0) is 24.3 Å². The number of piperazine rings is 1. The van der Waals surface area contributed by atoms with Gasteiger partial charge in [0.25, 0.3) is 5.91 Å². The standard InChI is InChI=1S/C18H24N4O5S/c1-27-11-15(23)21-7-8-22(18(26)14-5-3-9-28-14)13(10-21)17(25)20-12-4-2-6-19-16(12)24/h3,5,9,12-13H,2,4,6-8,10-11H2,1H3,(H,19,24)(H,20,25). The van der Waals surface area contributed by atoms with E-state index in [2.05, 4.69) is 10.6 Å². The Labute approximate surface area is 167 Å². The number of rotatable bonds is 5. The zero-order valence-electron chi connectivity index (χ0n) is 15.7. The fourth-order valence-electron chi connectivity index (χ4n) is 3.41. The lowest BCUT2D eigenvalue weighted by atomic mass is 10.0. The quantitative estimate of drug-likeness (QED) is 0.679. The molecule has 0 spiro atoms. The number of ether oxygens (including phenoxy) is 1. The summed E-state index contributed by atoms with van der Waals surface area (Å²) in [6, 6.07) is 2.00. The highest BCUT2D eigenvalue weighted by Gasteiger charge is 2.39. The van der Waals surface area contributed by atoms with Crippen LogP contribution in [0.15, 0.2) is 17.5 Å². The second kappa shape index (κ2) is 9.16. The molecule has 2 aliphatic rings. The molecule has 4 amide bonds. The Bertz CT molecular complexity index is 738. The fraction of sp³-hybridized carbons (Fsp3) is 0.556. The molecule has 2 N–H and O–H groups in total. The molecule has 0 aliphatic carbocycles. The van der Waals surface area contributed by atoms with E-state index in [1.54, 1.807) is 17.5 Å². The molecule has 2 saturated heterocycles. The highest BCUT2D eigenvalue weighted by molar-refractivity contribution is 7.12. The van der Waals surface area contributed by atoms with Gasteiger partial charge in [0.05, 0.1) is 11.4 Å². The predicted octanol–water partition coefficient (Wildman–Crippen LogP) is -0.558. The van der Waals surface area contributed by atoms with Gasteiger partial charge >= 0.3 is 0 Å². The van der Waals surface area contributed by atoms with Gasteiger partial charge in [0.2, 0.25) is 17.7 Å². The number of methoxy groups -OCH3 is 1. The van der Waals surface area contributed by atoms with E-state index >= 15 is 0 Å². The Morgan fingerprint density at radius 3 is 2.86 bits per heavy atom. The summed E-state index contributed by atoms with van der Waals surface area (Å²) in [5.74, 6) is -1.14. The van der Waals surface area contributed by atoms with Crippen molar-refractivity contribution >= 4 is 35.0 Å². The summed E-state index contributed by atoms with van der Waals surface area (Å²) < 4.78 is 4.90. The van der Waals surface area contributed by atoms with Crippen molar-refractivity contribution in [3.8, 4) is 0 Å². The topological polar surface area (TPSA) is 108 Å². The van der Waals surface area contributed by atoms with Gasteiger partial charge in [-0.1, -0.05) is 6.07 Å². The minimum absolute atomic E-state index is 0.0689. The van der Waals surface area contributed by atoms with Crippen LogP contribution < -0.4 is 10.6 Å². The second-order valence-corrected chi connectivity index (χ2v) is 7.71. The van der Waals surface area contributed by atoms with Crippen LogP contribution in [0, 0.1) is 0 Å².